The van der Waals surface area contributed by atoms with E-state index in [4.69, 9.17) is 4.74 Å². The van der Waals surface area contributed by atoms with E-state index in [-0.39, 0.29) is 6.04 Å². The third-order valence-corrected chi connectivity index (χ3v) is 2.81. The number of hydrogen-bond acceptors (Lipinski definition) is 2. The Balaban J connectivity index is 2.23. The van der Waals surface area contributed by atoms with Gasteiger partial charge in [0.2, 0.25) is 0 Å². The lowest BCUT2D eigenvalue weighted by Crippen LogP contribution is -2.08. The molecule has 0 saturated heterocycles. The van der Waals surface area contributed by atoms with E-state index in [0.717, 1.165) is 11.4 Å². The molecule has 92 valence electrons. The van der Waals surface area contributed by atoms with Gasteiger partial charge in [0.1, 0.15) is 5.75 Å². The highest BCUT2D eigenvalue weighted by atomic mass is 16.5. The molecule has 0 aliphatic heterocycles. The van der Waals surface area contributed by atoms with Crippen LogP contribution in [0.4, 0.5) is 5.69 Å². The van der Waals surface area contributed by atoms with Crippen LogP contribution in [0.3, 0.4) is 0 Å². The molecule has 0 saturated carbocycles. The molecule has 0 unspecified atom stereocenters. The van der Waals surface area contributed by atoms with Crippen LogP contribution < -0.4 is 10.1 Å². The van der Waals surface area contributed by atoms with Crippen molar-refractivity contribution in [3.63, 3.8) is 0 Å². The number of para-hydroxylation sites is 2. The summed E-state index contributed by atoms with van der Waals surface area (Å²) < 4.78 is 5.33. The van der Waals surface area contributed by atoms with Gasteiger partial charge in [-0.25, -0.2) is 0 Å². The van der Waals surface area contributed by atoms with Gasteiger partial charge >= 0.3 is 0 Å². The van der Waals surface area contributed by atoms with Crippen molar-refractivity contribution < 1.29 is 4.74 Å². The van der Waals surface area contributed by atoms with Crippen LogP contribution in [0.15, 0.2) is 67.3 Å². The first-order valence-corrected chi connectivity index (χ1v) is 5.92. The largest absolute Gasteiger partial charge is 0.495 e. The number of rotatable bonds is 5. The first-order chi connectivity index (χ1) is 8.85. The minimum absolute atomic E-state index is 0.0718. The lowest BCUT2D eigenvalue weighted by Gasteiger charge is -2.18. The van der Waals surface area contributed by atoms with Gasteiger partial charge < -0.3 is 10.1 Å². The fourth-order valence-electron chi connectivity index (χ4n) is 1.87. The fraction of sp³-hybridized carbons (Fsp3) is 0.125. The maximum Gasteiger partial charge on any atom is 0.141 e. The van der Waals surface area contributed by atoms with Crippen LogP contribution in [0.25, 0.3) is 0 Å². The minimum atomic E-state index is 0.0718. The van der Waals surface area contributed by atoms with E-state index in [9.17, 15) is 0 Å². The van der Waals surface area contributed by atoms with Gasteiger partial charge in [-0.05, 0) is 17.7 Å². The maximum atomic E-state index is 5.33. The van der Waals surface area contributed by atoms with Crippen molar-refractivity contribution in [3.05, 3.63) is 72.8 Å². The normalized spacial score (nSPS) is 11.6. The van der Waals surface area contributed by atoms with Crippen LogP contribution in [0, 0.1) is 0 Å². The van der Waals surface area contributed by atoms with Crippen LogP contribution in [-0.4, -0.2) is 7.11 Å². The van der Waals surface area contributed by atoms with Gasteiger partial charge in [-0.1, -0.05) is 48.5 Å². The molecule has 0 amide bonds. The second kappa shape index (κ2) is 5.92. The van der Waals surface area contributed by atoms with Gasteiger partial charge in [-0.2, -0.15) is 0 Å². The van der Waals surface area contributed by atoms with Gasteiger partial charge in [-0.15, -0.1) is 6.58 Å². The zero-order chi connectivity index (χ0) is 12.8. The number of hydrogen-bond donors (Lipinski definition) is 1. The van der Waals surface area contributed by atoms with Crippen molar-refractivity contribution in [2.75, 3.05) is 12.4 Å². The monoisotopic (exact) mass is 239 g/mol. The molecule has 1 atom stereocenters. The molecule has 2 nitrogen and oxygen atoms in total. The molecule has 0 spiro atoms. The molecule has 0 aliphatic rings. The Morgan fingerprint density at radius 1 is 1.06 bits per heavy atom. The summed E-state index contributed by atoms with van der Waals surface area (Å²) in [5, 5.41) is 3.42. The zero-order valence-corrected chi connectivity index (χ0v) is 10.5. The van der Waals surface area contributed by atoms with E-state index in [1.807, 2.05) is 48.5 Å². The molecule has 2 aromatic carbocycles. The number of anilines is 1. The standard InChI is InChI=1S/C16H17NO/c1-3-14(13-9-5-4-6-10-13)17-15-11-7-8-12-16(15)18-2/h3-12,14,17H,1H2,2H3/t14-/m0/s1. The average molecular weight is 239 g/mol. The third-order valence-electron chi connectivity index (χ3n) is 2.81. The van der Waals surface area contributed by atoms with E-state index < -0.39 is 0 Å². The summed E-state index contributed by atoms with van der Waals surface area (Å²) in [6.07, 6.45) is 1.89. The highest BCUT2D eigenvalue weighted by molar-refractivity contribution is 5.58. The summed E-state index contributed by atoms with van der Waals surface area (Å²) in [7, 11) is 1.67. The highest BCUT2D eigenvalue weighted by Gasteiger charge is 2.09. The Kier molecular flexibility index (Phi) is 4.02. The lowest BCUT2D eigenvalue weighted by atomic mass is 10.1. The molecule has 2 rings (SSSR count). The van der Waals surface area contributed by atoms with E-state index in [0.29, 0.717) is 0 Å². The Hall–Kier alpha value is -2.22. The predicted molar refractivity (Wildman–Crippen MR) is 76.0 cm³/mol. The second-order valence-corrected chi connectivity index (χ2v) is 3.97. The Morgan fingerprint density at radius 3 is 2.39 bits per heavy atom. The molecule has 2 heteroatoms. The predicted octanol–water partition coefficient (Wildman–Crippen LogP) is 4.03. The minimum Gasteiger partial charge on any atom is -0.495 e. The van der Waals surface area contributed by atoms with E-state index in [2.05, 4.69) is 24.0 Å². The van der Waals surface area contributed by atoms with E-state index in [1.165, 1.54) is 5.56 Å². The highest BCUT2D eigenvalue weighted by Crippen LogP contribution is 2.28. The number of nitrogens with one attached hydrogen (secondary N) is 1. The van der Waals surface area contributed by atoms with E-state index in [1.54, 1.807) is 7.11 Å². The Bertz CT molecular complexity index is 508. The second-order valence-electron chi connectivity index (χ2n) is 3.97. The van der Waals surface area contributed by atoms with Gasteiger partial charge in [0.15, 0.2) is 0 Å². The molecular formula is C16H17NO. The Morgan fingerprint density at radius 2 is 1.72 bits per heavy atom. The molecule has 0 bridgehead atoms. The summed E-state index contributed by atoms with van der Waals surface area (Å²) in [5.41, 5.74) is 2.15. The number of methoxy groups -OCH3 is 1. The van der Waals surface area contributed by atoms with Crippen molar-refractivity contribution >= 4 is 5.69 Å². The molecule has 0 aliphatic carbocycles. The molecule has 0 fully saturated rings. The molecule has 0 radical (unpaired) electrons. The van der Waals surface area contributed by atoms with Gasteiger partial charge in [-0.3, -0.25) is 0 Å². The zero-order valence-electron chi connectivity index (χ0n) is 10.5. The van der Waals surface area contributed by atoms with Crippen LogP contribution in [0.2, 0.25) is 0 Å². The first-order valence-electron chi connectivity index (χ1n) is 5.92. The molecular weight excluding hydrogens is 222 g/mol. The fourth-order valence-corrected chi connectivity index (χ4v) is 1.87. The Labute approximate surface area is 108 Å². The summed E-state index contributed by atoms with van der Waals surface area (Å²) in [6, 6.07) is 18.2. The molecule has 0 heterocycles. The number of ether oxygens (including phenoxy) is 1. The van der Waals surface area contributed by atoms with Crippen molar-refractivity contribution in [2.45, 2.75) is 6.04 Å². The van der Waals surface area contributed by atoms with Crippen LogP contribution in [0.5, 0.6) is 5.75 Å². The summed E-state index contributed by atoms with van der Waals surface area (Å²) in [4.78, 5) is 0. The van der Waals surface area contributed by atoms with Crippen LogP contribution in [0.1, 0.15) is 11.6 Å². The first kappa shape index (κ1) is 12.2. The summed E-state index contributed by atoms with van der Waals surface area (Å²) in [6.45, 7) is 3.89. The van der Waals surface area contributed by atoms with Crippen molar-refractivity contribution in [1.82, 2.24) is 0 Å². The van der Waals surface area contributed by atoms with Crippen LogP contribution >= 0.6 is 0 Å². The lowest BCUT2D eigenvalue weighted by molar-refractivity contribution is 0.416. The van der Waals surface area contributed by atoms with Gasteiger partial charge in [0, 0.05) is 0 Å². The van der Waals surface area contributed by atoms with Gasteiger partial charge in [0.25, 0.3) is 0 Å². The summed E-state index contributed by atoms with van der Waals surface area (Å²) >= 11 is 0. The average Bonchev–Trinajstić information content (AvgIpc) is 2.46. The van der Waals surface area contributed by atoms with Gasteiger partial charge in [0.05, 0.1) is 18.8 Å². The van der Waals surface area contributed by atoms with E-state index >= 15 is 0 Å². The molecule has 0 aromatic heterocycles. The topological polar surface area (TPSA) is 21.3 Å². The SMILES string of the molecule is C=C[C@H](Nc1ccccc1OC)c1ccccc1. The summed E-state index contributed by atoms with van der Waals surface area (Å²) in [5.74, 6) is 0.834. The molecule has 18 heavy (non-hydrogen) atoms. The van der Waals surface area contributed by atoms with Crippen molar-refractivity contribution in [2.24, 2.45) is 0 Å². The number of benzene rings is 2. The van der Waals surface area contributed by atoms with Crippen molar-refractivity contribution in [3.8, 4) is 5.75 Å². The van der Waals surface area contributed by atoms with Crippen molar-refractivity contribution in [1.29, 1.82) is 0 Å². The third kappa shape index (κ3) is 2.72. The molecule has 2 aromatic rings. The van der Waals surface area contributed by atoms with Crippen LogP contribution in [-0.2, 0) is 0 Å². The molecule has 1 N–H and O–H groups in total. The quantitative estimate of drug-likeness (QED) is 0.795. The smallest absolute Gasteiger partial charge is 0.141 e. The maximum absolute atomic E-state index is 5.33.